The van der Waals surface area contributed by atoms with E-state index in [-0.39, 0.29) is 5.91 Å². The SMILES string of the molecule is COc1ccc(CCNC(=O)c2nc[nH]c2C)cc1. The van der Waals surface area contributed by atoms with Crippen LogP contribution in [0, 0.1) is 6.92 Å². The molecule has 0 spiro atoms. The number of methoxy groups -OCH3 is 1. The highest BCUT2D eigenvalue weighted by Crippen LogP contribution is 2.11. The molecule has 0 aliphatic rings. The zero-order valence-corrected chi connectivity index (χ0v) is 11.1. The molecule has 0 atom stereocenters. The van der Waals surface area contributed by atoms with Gasteiger partial charge in [-0.25, -0.2) is 4.98 Å². The highest BCUT2D eigenvalue weighted by molar-refractivity contribution is 5.93. The first-order valence-electron chi connectivity index (χ1n) is 6.12. The van der Waals surface area contributed by atoms with Crippen molar-refractivity contribution < 1.29 is 9.53 Å². The number of aryl methyl sites for hydroxylation is 1. The van der Waals surface area contributed by atoms with Crippen molar-refractivity contribution in [3.05, 3.63) is 47.5 Å². The number of carbonyl (C=O) groups is 1. The standard InChI is InChI=1S/C14H17N3O2/c1-10-13(17-9-16-10)14(18)15-8-7-11-3-5-12(19-2)6-4-11/h3-6,9H,7-8H2,1-2H3,(H,15,18)(H,16,17). The molecule has 0 aliphatic heterocycles. The molecule has 1 heterocycles. The van der Waals surface area contributed by atoms with Crippen molar-refractivity contribution in [2.24, 2.45) is 0 Å². The Balaban J connectivity index is 1.83. The Hall–Kier alpha value is -2.30. The zero-order chi connectivity index (χ0) is 13.7. The van der Waals surface area contributed by atoms with Crippen molar-refractivity contribution in [3.8, 4) is 5.75 Å². The quantitative estimate of drug-likeness (QED) is 0.858. The van der Waals surface area contributed by atoms with Crippen LogP contribution in [-0.2, 0) is 6.42 Å². The number of amides is 1. The van der Waals surface area contributed by atoms with Crippen LogP contribution in [0.5, 0.6) is 5.75 Å². The third kappa shape index (κ3) is 3.34. The molecule has 100 valence electrons. The van der Waals surface area contributed by atoms with Crippen LogP contribution in [0.25, 0.3) is 0 Å². The lowest BCUT2D eigenvalue weighted by molar-refractivity contribution is 0.0949. The number of ether oxygens (including phenoxy) is 1. The van der Waals surface area contributed by atoms with Crippen LogP contribution in [0.15, 0.2) is 30.6 Å². The predicted octanol–water partition coefficient (Wildman–Crippen LogP) is 1.70. The van der Waals surface area contributed by atoms with Crippen molar-refractivity contribution >= 4 is 5.91 Å². The molecule has 1 aromatic carbocycles. The summed E-state index contributed by atoms with van der Waals surface area (Å²) in [6.45, 7) is 2.41. The molecule has 1 amide bonds. The Bertz CT molecular complexity index is 546. The van der Waals surface area contributed by atoms with Gasteiger partial charge in [-0.1, -0.05) is 12.1 Å². The van der Waals surface area contributed by atoms with E-state index >= 15 is 0 Å². The monoisotopic (exact) mass is 259 g/mol. The molecule has 0 saturated heterocycles. The molecule has 0 bridgehead atoms. The lowest BCUT2D eigenvalue weighted by atomic mass is 10.1. The summed E-state index contributed by atoms with van der Waals surface area (Å²) in [7, 11) is 1.64. The first-order chi connectivity index (χ1) is 9.20. The highest BCUT2D eigenvalue weighted by atomic mass is 16.5. The van der Waals surface area contributed by atoms with Gasteiger partial charge in [-0.2, -0.15) is 0 Å². The summed E-state index contributed by atoms with van der Waals surface area (Å²) in [5.74, 6) is 0.687. The first-order valence-corrected chi connectivity index (χ1v) is 6.12. The van der Waals surface area contributed by atoms with E-state index in [2.05, 4.69) is 15.3 Å². The summed E-state index contributed by atoms with van der Waals surface area (Å²) in [4.78, 5) is 18.7. The largest absolute Gasteiger partial charge is 0.497 e. The van der Waals surface area contributed by atoms with Gasteiger partial charge in [0.1, 0.15) is 11.4 Å². The molecule has 2 rings (SSSR count). The van der Waals surface area contributed by atoms with Gasteiger partial charge in [-0.15, -0.1) is 0 Å². The van der Waals surface area contributed by atoms with Gasteiger partial charge >= 0.3 is 0 Å². The van der Waals surface area contributed by atoms with Crippen LogP contribution in [-0.4, -0.2) is 29.5 Å². The smallest absolute Gasteiger partial charge is 0.271 e. The summed E-state index contributed by atoms with van der Waals surface area (Å²) >= 11 is 0. The molecule has 1 aromatic heterocycles. The average molecular weight is 259 g/mol. The van der Waals surface area contributed by atoms with Gasteiger partial charge < -0.3 is 15.0 Å². The van der Waals surface area contributed by atoms with E-state index in [4.69, 9.17) is 4.74 Å². The van der Waals surface area contributed by atoms with Crippen LogP contribution in [0.4, 0.5) is 0 Å². The molecule has 5 nitrogen and oxygen atoms in total. The molecule has 0 unspecified atom stereocenters. The second-order valence-electron chi connectivity index (χ2n) is 4.23. The first kappa shape index (κ1) is 13.1. The second-order valence-corrected chi connectivity index (χ2v) is 4.23. The number of aromatic nitrogens is 2. The Kier molecular flexibility index (Phi) is 4.18. The van der Waals surface area contributed by atoms with E-state index in [1.54, 1.807) is 7.11 Å². The number of benzene rings is 1. The normalized spacial score (nSPS) is 10.2. The van der Waals surface area contributed by atoms with Crippen molar-refractivity contribution in [1.82, 2.24) is 15.3 Å². The average Bonchev–Trinajstić information content (AvgIpc) is 2.86. The molecule has 2 N–H and O–H groups in total. The number of aromatic amines is 1. The third-order valence-corrected chi connectivity index (χ3v) is 2.90. The maximum atomic E-state index is 11.8. The molecule has 5 heteroatoms. The van der Waals surface area contributed by atoms with Crippen molar-refractivity contribution in [3.63, 3.8) is 0 Å². The van der Waals surface area contributed by atoms with Crippen molar-refractivity contribution in [2.75, 3.05) is 13.7 Å². The van der Waals surface area contributed by atoms with Crippen LogP contribution in [0.3, 0.4) is 0 Å². The number of nitrogens with one attached hydrogen (secondary N) is 2. The Morgan fingerprint density at radius 2 is 2.11 bits per heavy atom. The van der Waals surface area contributed by atoms with Crippen LogP contribution in [0.1, 0.15) is 21.7 Å². The molecular weight excluding hydrogens is 242 g/mol. The van der Waals surface area contributed by atoms with Gasteiger partial charge in [0.15, 0.2) is 0 Å². The van der Waals surface area contributed by atoms with E-state index in [0.29, 0.717) is 12.2 Å². The van der Waals surface area contributed by atoms with E-state index < -0.39 is 0 Å². The maximum absolute atomic E-state index is 11.8. The summed E-state index contributed by atoms with van der Waals surface area (Å²) in [5, 5.41) is 2.85. The number of nitrogens with zero attached hydrogens (tertiary/aromatic N) is 1. The van der Waals surface area contributed by atoms with Gasteiger partial charge in [-0.05, 0) is 31.0 Å². The fourth-order valence-corrected chi connectivity index (χ4v) is 1.78. The molecule has 0 saturated carbocycles. The van der Waals surface area contributed by atoms with Crippen LogP contribution >= 0.6 is 0 Å². The van der Waals surface area contributed by atoms with E-state index in [1.165, 1.54) is 6.33 Å². The number of imidazole rings is 1. The Morgan fingerprint density at radius 3 is 2.68 bits per heavy atom. The summed E-state index contributed by atoms with van der Waals surface area (Å²) < 4.78 is 5.09. The number of carbonyl (C=O) groups excluding carboxylic acids is 1. The van der Waals surface area contributed by atoms with Crippen molar-refractivity contribution in [2.45, 2.75) is 13.3 Å². The summed E-state index contributed by atoms with van der Waals surface area (Å²) in [6, 6.07) is 7.81. The van der Waals surface area contributed by atoms with Crippen LogP contribution in [0.2, 0.25) is 0 Å². The summed E-state index contributed by atoms with van der Waals surface area (Å²) in [5.41, 5.74) is 2.39. The maximum Gasteiger partial charge on any atom is 0.271 e. The van der Waals surface area contributed by atoms with E-state index in [0.717, 1.165) is 23.4 Å². The molecule has 0 radical (unpaired) electrons. The topological polar surface area (TPSA) is 67.0 Å². The molecule has 0 fully saturated rings. The second kappa shape index (κ2) is 6.04. The van der Waals surface area contributed by atoms with E-state index in [9.17, 15) is 4.79 Å². The molecular formula is C14H17N3O2. The van der Waals surface area contributed by atoms with Crippen molar-refractivity contribution in [1.29, 1.82) is 0 Å². The predicted molar refractivity (Wildman–Crippen MR) is 72.4 cm³/mol. The summed E-state index contributed by atoms with van der Waals surface area (Å²) in [6.07, 6.45) is 2.30. The zero-order valence-electron chi connectivity index (χ0n) is 11.1. The van der Waals surface area contributed by atoms with Gasteiger partial charge in [0.2, 0.25) is 0 Å². The van der Waals surface area contributed by atoms with Gasteiger partial charge in [0.05, 0.1) is 13.4 Å². The molecule has 0 aliphatic carbocycles. The lowest BCUT2D eigenvalue weighted by Crippen LogP contribution is -2.26. The lowest BCUT2D eigenvalue weighted by Gasteiger charge is -2.05. The highest BCUT2D eigenvalue weighted by Gasteiger charge is 2.10. The Morgan fingerprint density at radius 1 is 1.37 bits per heavy atom. The third-order valence-electron chi connectivity index (χ3n) is 2.90. The minimum absolute atomic E-state index is 0.146. The minimum atomic E-state index is -0.146. The molecule has 2 aromatic rings. The number of hydrogen-bond acceptors (Lipinski definition) is 3. The van der Waals surface area contributed by atoms with Gasteiger partial charge in [0.25, 0.3) is 5.91 Å². The minimum Gasteiger partial charge on any atom is -0.497 e. The molecule has 19 heavy (non-hydrogen) atoms. The number of hydrogen-bond donors (Lipinski definition) is 2. The fourth-order valence-electron chi connectivity index (χ4n) is 1.78. The Labute approximate surface area is 112 Å². The van der Waals surface area contributed by atoms with Gasteiger partial charge in [-0.3, -0.25) is 4.79 Å². The van der Waals surface area contributed by atoms with Crippen LogP contribution < -0.4 is 10.1 Å². The number of rotatable bonds is 5. The fraction of sp³-hybridized carbons (Fsp3) is 0.286. The van der Waals surface area contributed by atoms with Gasteiger partial charge in [0, 0.05) is 12.2 Å². The number of H-pyrrole nitrogens is 1. The van der Waals surface area contributed by atoms with E-state index in [1.807, 2.05) is 31.2 Å².